The normalized spacial score (nSPS) is 14.1. The molecule has 0 unspecified atom stereocenters. The third-order valence-corrected chi connectivity index (χ3v) is 4.17. The van der Waals surface area contributed by atoms with Gasteiger partial charge in [-0.15, -0.1) is 0 Å². The van der Waals surface area contributed by atoms with E-state index in [0.717, 1.165) is 11.8 Å². The molecule has 0 aromatic carbocycles. The number of hydrogen-bond acceptors (Lipinski definition) is 0. The summed E-state index contributed by atoms with van der Waals surface area (Å²) >= 11 is 0. The fourth-order valence-electron chi connectivity index (χ4n) is 3.30. The van der Waals surface area contributed by atoms with Gasteiger partial charge in [0.25, 0.3) is 0 Å². The van der Waals surface area contributed by atoms with Gasteiger partial charge in [0.2, 0.25) is 0 Å². The van der Waals surface area contributed by atoms with E-state index >= 15 is 0 Å². The van der Waals surface area contributed by atoms with Gasteiger partial charge in [-0.1, -0.05) is 68.2 Å². The Balaban J connectivity index is 4.96. The summed E-state index contributed by atoms with van der Waals surface area (Å²) in [7, 11) is 0. The zero-order valence-corrected chi connectivity index (χ0v) is 11.6. The van der Waals surface area contributed by atoms with Crippen molar-refractivity contribution in [2.75, 3.05) is 0 Å². The van der Waals surface area contributed by atoms with E-state index in [0.29, 0.717) is 10.8 Å². The Bertz CT molecular complexity index is 147. The molecule has 0 saturated carbocycles. The summed E-state index contributed by atoms with van der Waals surface area (Å²) < 4.78 is 0. The Morgan fingerprint density at radius 1 is 0.786 bits per heavy atom. The van der Waals surface area contributed by atoms with Crippen LogP contribution < -0.4 is 0 Å². The average Bonchev–Trinajstić information content (AvgIpc) is 2.02. The zero-order valence-electron chi connectivity index (χ0n) is 11.6. The minimum Gasteiger partial charge on any atom is -0.0649 e. The van der Waals surface area contributed by atoms with Gasteiger partial charge in [0.1, 0.15) is 0 Å². The summed E-state index contributed by atoms with van der Waals surface area (Å²) in [5.74, 6) is 1.59. The smallest absolute Gasteiger partial charge is 0.0288 e. The van der Waals surface area contributed by atoms with Crippen molar-refractivity contribution < 1.29 is 0 Å². The van der Waals surface area contributed by atoms with Crippen LogP contribution in [0.25, 0.3) is 0 Å². The van der Waals surface area contributed by atoms with E-state index in [1.807, 2.05) is 0 Å². The SMILES string of the molecule is CCC(C)(C)C(C(C)C)C(C)(C)CC. The molecule has 0 N–H and O–H groups in total. The van der Waals surface area contributed by atoms with Crippen molar-refractivity contribution >= 4 is 0 Å². The van der Waals surface area contributed by atoms with Crippen LogP contribution in [-0.4, -0.2) is 0 Å². The van der Waals surface area contributed by atoms with Crippen molar-refractivity contribution in [1.82, 2.24) is 0 Å². The molecule has 14 heavy (non-hydrogen) atoms. The molecule has 0 atom stereocenters. The first-order valence-electron chi connectivity index (χ1n) is 6.19. The third-order valence-electron chi connectivity index (χ3n) is 4.17. The first-order chi connectivity index (χ1) is 6.19. The van der Waals surface area contributed by atoms with Crippen molar-refractivity contribution in [3.05, 3.63) is 0 Å². The molecule has 0 aromatic heterocycles. The van der Waals surface area contributed by atoms with Crippen LogP contribution in [0.2, 0.25) is 0 Å². The molecule has 0 heteroatoms. The van der Waals surface area contributed by atoms with E-state index in [9.17, 15) is 0 Å². The summed E-state index contributed by atoms with van der Waals surface area (Å²) in [6.07, 6.45) is 2.55. The Kier molecular flexibility index (Phi) is 4.68. The highest BCUT2D eigenvalue weighted by Crippen LogP contribution is 2.48. The predicted molar refractivity (Wildman–Crippen MR) is 66.5 cm³/mol. The molecular weight excluding hydrogens is 168 g/mol. The van der Waals surface area contributed by atoms with Gasteiger partial charge in [0.05, 0.1) is 0 Å². The van der Waals surface area contributed by atoms with Crippen LogP contribution in [0.5, 0.6) is 0 Å². The van der Waals surface area contributed by atoms with E-state index in [1.54, 1.807) is 0 Å². The molecule has 0 spiro atoms. The van der Waals surface area contributed by atoms with Crippen molar-refractivity contribution in [1.29, 1.82) is 0 Å². The second-order valence-corrected chi connectivity index (χ2v) is 6.41. The third kappa shape index (κ3) is 3.00. The van der Waals surface area contributed by atoms with E-state index in [-0.39, 0.29) is 0 Å². The minimum absolute atomic E-state index is 0.466. The van der Waals surface area contributed by atoms with Gasteiger partial charge in [-0.2, -0.15) is 0 Å². The van der Waals surface area contributed by atoms with E-state index in [1.165, 1.54) is 12.8 Å². The van der Waals surface area contributed by atoms with Gasteiger partial charge >= 0.3 is 0 Å². The maximum absolute atomic E-state index is 2.43. The van der Waals surface area contributed by atoms with Crippen LogP contribution >= 0.6 is 0 Å². The Hall–Kier alpha value is 0. The molecular formula is C14H30. The lowest BCUT2D eigenvalue weighted by molar-refractivity contribution is 0.0257. The largest absolute Gasteiger partial charge is 0.0649 e. The summed E-state index contributed by atoms with van der Waals surface area (Å²) in [6.45, 7) is 19.1. The fraction of sp³-hybridized carbons (Fsp3) is 1.00. The quantitative estimate of drug-likeness (QED) is 0.574. The highest BCUT2D eigenvalue weighted by Gasteiger charge is 2.40. The molecule has 0 aromatic rings. The average molecular weight is 198 g/mol. The lowest BCUT2D eigenvalue weighted by Crippen LogP contribution is -2.39. The molecule has 0 aliphatic rings. The van der Waals surface area contributed by atoms with Gasteiger partial charge in [0.15, 0.2) is 0 Å². The zero-order chi connectivity index (χ0) is 11.6. The summed E-state index contributed by atoms with van der Waals surface area (Å²) in [4.78, 5) is 0. The minimum atomic E-state index is 0.466. The highest BCUT2D eigenvalue weighted by molar-refractivity contribution is 4.89. The van der Waals surface area contributed by atoms with E-state index < -0.39 is 0 Å². The second-order valence-electron chi connectivity index (χ2n) is 6.41. The van der Waals surface area contributed by atoms with Crippen LogP contribution in [0.15, 0.2) is 0 Å². The van der Waals surface area contributed by atoms with Crippen molar-refractivity contribution in [2.24, 2.45) is 22.7 Å². The van der Waals surface area contributed by atoms with Crippen molar-refractivity contribution in [3.8, 4) is 0 Å². The maximum atomic E-state index is 2.43. The molecule has 0 aliphatic carbocycles. The monoisotopic (exact) mass is 198 g/mol. The van der Waals surface area contributed by atoms with Crippen LogP contribution in [0.4, 0.5) is 0 Å². The topological polar surface area (TPSA) is 0 Å². The fourth-order valence-corrected chi connectivity index (χ4v) is 3.30. The molecule has 0 amide bonds. The molecule has 0 radical (unpaired) electrons. The molecule has 86 valence electrons. The Morgan fingerprint density at radius 3 is 1.21 bits per heavy atom. The molecule has 0 bridgehead atoms. The van der Waals surface area contributed by atoms with Gasteiger partial charge in [-0.25, -0.2) is 0 Å². The van der Waals surface area contributed by atoms with Crippen molar-refractivity contribution in [3.63, 3.8) is 0 Å². The second kappa shape index (κ2) is 4.68. The summed E-state index contributed by atoms with van der Waals surface area (Å²) in [5.41, 5.74) is 0.932. The first-order valence-corrected chi connectivity index (χ1v) is 6.19. The first kappa shape index (κ1) is 14.0. The molecule has 0 heterocycles. The van der Waals surface area contributed by atoms with Crippen LogP contribution in [0.3, 0.4) is 0 Å². The number of hydrogen-bond donors (Lipinski definition) is 0. The van der Waals surface area contributed by atoms with Crippen LogP contribution in [0, 0.1) is 22.7 Å². The van der Waals surface area contributed by atoms with Gasteiger partial charge in [-0.3, -0.25) is 0 Å². The van der Waals surface area contributed by atoms with Crippen LogP contribution in [-0.2, 0) is 0 Å². The van der Waals surface area contributed by atoms with E-state index in [2.05, 4.69) is 55.4 Å². The van der Waals surface area contributed by atoms with Crippen molar-refractivity contribution in [2.45, 2.75) is 68.2 Å². The lowest BCUT2D eigenvalue weighted by Gasteiger charge is -2.47. The predicted octanol–water partition coefficient (Wildman–Crippen LogP) is 5.13. The molecule has 0 nitrogen and oxygen atoms in total. The molecule has 0 rings (SSSR count). The van der Waals surface area contributed by atoms with E-state index in [4.69, 9.17) is 0 Å². The number of rotatable bonds is 5. The van der Waals surface area contributed by atoms with Gasteiger partial charge in [0, 0.05) is 0 Å². The standard InChI is InChI=1S/C14H30/c1-9-13(5,6)12(11(3)4)14(7,8)10-2/h11-12H,9-10H2,1-8H3. The summed E-state index contributed by atoms with van der Waals surface area (Å²) in [5, 5.41) is 0. The molecule has 0 aliphatic heterocycles. The summed E-state index contributed by atoms with van der Waals surface area (Å²) in [6, 6.07) is 0. The molecule has 0 fully saturated rings. The molecule has 0 saturated heterocycles. The Labute approximate surface area is 91.5 Å². The Morgan fingerprint density at radius 2 is 1.07 bits per heavy atom. The van der Waals surface area contributed by atoms with Crippen LogP contribution in [0.1, 0.15) is 68.2 Å². The lowest BCUT2D eigenvalue weighted by atomic mass is 9.58. The van der Waals surface area contributed by atoms with Gasteiger partial charge < -0.3 is 0 Å². The highest BCUT2D eigenvalue weighted by atomic mass is 14.4. The maximum Gasteiger partial charge on any atom is -0.0288 e. The van der Waals surface area contributed by atoms with Gasteiger partial charge in [-0.05, 0) is 22.7 Å².